The fraction of sp³-hybridized carbons (Fsp3) is 0.200. The Morgan fingerprint density at radius 3 is 3.04 bits per heavy atom. The molecule has 2 N–H and O–H groups in total. The van der Waals surface area contributed by atoms with Crippen LogP contribution >= 0.6 is 11.3 Å². The van der Waals surface area contributed by atoms with Gasteiger partial charge in [-0.2, -0.15) is 5.10 Å². The van der Waals surface area contributed by atoms with Crippen LogP contribution in [0.3, 0.4) is 0 Å². The second-order valence-electron chi connectivity index (χ2n) is 6.70. The summed E-state index contributed by atoms with van der Waals surface area (Å²) in [5.74, 6) is -0.0962. The molecule has 1 unspecified atom stereocenters. The fourth-order valence-corrected chi connectivity index (χ4v) is 3.87. The standard InChI is InChI=1S/C20H18N6OS/c27-20(23-11-14-4-7-21-14)13-3-6-22-17(10-13)15-12-24-26-8-5-16(25-19(15)26)18-2-1-9-28-18/h1-3,5-6,8-10,12,14,21H,4,7,11H2,(H,23,27). The summed E-state index contributed by atoms with van der Waals surface area (Å²) in [5.41, 5.74) is 3.67. The van der Waals surface area contributed by atoms with Crippen molar-refractivity contribution in [3.63, 3.8) is 0 Å². The van der Waals surface area contributed by atoms with E-state index in [1.807, 2.05) is 29.8 Å². The molecule has 140 valence electrons. The van der Waals surface area contributed by atoms with Gasteiger partial charge in [0.1, 0.15) is 0 Å². The van der Waals surface area contributed by atoms with Crippen molar-refractivity contribution in [2.45, 2.75) is 12.5 Å². The van der Waals surface area contributed by atoms with Crippen LogP contribution < -0.4 is 10.6 Å². The SMILES string of the molecule is O=C(NCC1CCN1)c1ccnc(-c2cnn3ccc(-c4cccs4)nc23)c1. The van der Waals surface area contributed by atoms with E-state index in [4.69, 9.17) is 4.98 Å². The molecule has 0 aromatic carbocycles. The van der Waals surface area contributed by atoms with Gasteiger partial charge in [-0.05, 0) is 42.6 Å². The first kappa shape index (κ1) is 17.0. The maximum atomic E-state index is 12.5. The van der Waals surface area contributed by atoms with Crippen molar-refractivity contribution >= 4 is 22.9 Å². The predicted molar refractivity (Wildman–Crippen MR) is 108 cm³/mol. The summed E-state index contributed by atoms with van der Waals surface area (Å²) in [4.78, 5) is 22.8. The smallest absolute Gasteiger partial charge is 0.251 e. The van der Waals surface area contributed by atoms with E-state index in [0.717, 1.165) is 34.7 Å². The number of fused-ring (bicyclic) bond motifs is 1. The number of nitrogens with zero attached hydrogens (tertiary/aromatic N) is 4. The van der Waals surface area contributed by atoms with E-state index in [1.165, 1.54) is 0 Å². The number of amides is 1. The van der Waals surface area contributed by atoms with Crippen molar-refractivity contribution in [3.05, 3.63) is 59.9 Å². The summed E-state index contributed by atoms with van der Waals surface area (Å²) >= 11 is 1.64. The first-order valence-electron chi connectivity index (χ1n) is 9.14. The van der Waals surface area contributed by atoms with E-state index in [0.29, 0.717) is 23.8 Å². The van der Waals surface area contributed by atoms with Gasteiger partial charge in [0.2, 0.25) is 0 Å². The molecule has 4 aromatic rings. The number of carbonyl (C=O) groups is 1. The van der Waals surface area contributed by atoms with Crippen molar-refractivity contribution in [3.8, 4) is 21.8 Å². The average Bonchev–Trinajstić information content (AvgIpc) is 3.36. The van der Waals surface area contributed by atoms with Crippen LogP contribution in [0.4, 0.5) is 0 Å². The molecule has 28 heavy (non-hydrogen) atoms. The van der Waals surface area contributed by atoms with Crippen LogP contribution in [0, 0.1) is 0 Å². The Kier molecular flexibility index (Phi) is 4.34. The summed E-state index contributed by atoms with van der Waals surface area (Å²) in [6.07, 6.45) is 6.38. The third-order valence-corrected chi connectivity index (χ3v) is 5.77. The minimum atomic E-state index is -0.0962. The Labute approximate surface area is 165 Å². The molecule has 1 aliphatic rings. The van der Waals surface area contributed by atoms with Crippen molar-refractivity contribution in [2.24, 2.45) is 0 Å². The molecule has 5 rings (SSSR count). The Balaban J connectivity index is 1.46. The molecule has 4 aromatic heterocycles. The van der Waals surface area contributed by atoms with Gasteiger partial charge in [0.15, 0.2) is 5.65 Å². The molecule has 8 heteroatoms. The summed E-state index contributed by atoms with van der Waals surface area (Å²) < 4.78 is 1.73. The monoisotopic (exact) mass is 390 g/mol. The number of rotatable bonds is 5. The van der Waals surface area contributed by atoms with Crippen molar-refractivity contribution in [2.75, 3.05) is 13.1 Å². The van der Waals surface area contributed by atoms with Gasteiger partial charge in [-0.25, -0.2) is 9.50 Å². The molecule has 1 saturated heterocycles. The molecular formula is C20H18N6OS. The van der Waals surface area contributed by atoms with Gasteiger partial charge >= 0.3 is 0 Å². The minimum absolute atomic E-state index is 0.0962. The van der Waals surface area contributed by atoms with Crippen LogP contribution in [0.15, 0.2) is 54.3 Å². The Morgan fingerprint density at radius 2 is 2.25 bits per heavy atom. The first-order chi connectivity index (χ1) is 13.8. The lowest BCUT2D eigenvalue weighted by molar-refractivity contribution is 0.0945. The number of aromatic nitrogens is 4. The summed E-state index contributed by atoms with van der Waals surface area (Å²) in [6, 6.07) is 9.89. The molecule has 1 aliphatic heterocycles. The zero-order chi connectivity index (χ0) is 18.9. The highest BCUT2D eigenvalue weighted by atomic mass is 32.1. The summed E-state index contributed by atoms with van der Waals surface area (Å²) in [7, 11) is 0. The molecule has 7 nitrogen and oxygen atoms in total. The Bertz CT molecular complexity index is 1130. The second-order valence-corrected chi connectivity index (χ2v) is 7.64. The highest BCUT2D eigenvalue weighted by Gasteiger charge is 2.18. The molecular weight excluding hydrogens is 372 g/mol. The number of hydrogen-bond donors (Lipinski definition) is 2. The third-order valence-electron chi connectivity index (χ3n) is 4.88. The average molecular weight is 390 g/mol. The first-order valence-corrected chi connectivity index (χ1v) is 10.0. The maximum Gasteiger partial charge on any atom is 0.251 e. The zero-order valence-electron chi connectivity index (χ0n) is 15.0. The van der Waals surface area contributed by atoms with Gasteiger partial charge < -0.3 is 10.6 Å². The quantitative estimate of drug-likeness (QED) is 0.547. The molecule has 0 saturated carbocycles. The summed E-state index contributed by atoms with van der Waals surface area (Å²) in [5, 5.41) is 12.7. The number of pyridine rings is 1. The van der Waals surface area contributed by atoms with E-state index in [-0.39, 0.29) is 5.91 Å². The molecule has 0 aliphatic carbocycles. The lowest BCUT2D eigenvalue weighted by Crippen LogP contribution is -2.50. The van der Waals surface area contributed by atoms with Gasteiger partial charge in [-0.3, -0.25) is 9.78 Å². The molecule has 5 heterocycles. The normalized spacial score (nSPS) is 16.1. The van der Waals surface area contributed by atoms with Crippen LogP contribution in [-0.2, 0) is 0 Å². The van der Waals surface area contributed by atoms with E-state index in [2.05, 4.69) is 20.7 Å². The highest BCUT2D eigenvalue weighted by Crippen LogP contribution is 2.27. The highest BCUT2D eigenvalue weighted by molar-refractivity contribution is 7.13. The summed E-state index contributed by atoms with van der Waals surface area (Å²) in [6.45, 7) is 1.66. The van der Waals surface area contributed by atoms with Crippen LogP contribution in [-0.4, -0.2) is 44.6 Å². The maximum absolute atomic E-state index is 12.5. The molecule has 0 spiro atoms. The largest absolute Gasteiger partial charge is 0.350 e. The van der Waals surface area contributed by atoms with Crippen molar-refractivity contribution in [1.29, 1.82) is 0 Å². The number of nitrogens with one attached hydrogen (secondary N) is 2. The van der Waals surface area contributed by atoms with Gasteiger partial charge in [0, 0.05) is 30.5 Å². The van der Waals surface area contributed by atoms with Crippen LogP contribution in [0.5, 0.6) is 0 Å². The predicted octanol–water partition coefficient (Wildman–Crippen LogP) is 2.61. The van der Waals surface area contributed by atoms with Gasteiger partial charge in [0.05, 0.1) is 28.0 Å². The Morgan fingerprint density at radius 1 is 1.32 bits per heavy atom. The molecule has 1 amide bonds. The molecule has 1 atom stereocenters. The van der Waals surface area contributed by atoms with E-state index in [9.17, 15) is 4.79 Å². The molecule has 0 radical (unpaired) electrons. The van der Waals surface area contributed by atoms with E-state index >= 15 is 0 Å². The third kappa shape index (κ3) is 3.17. The van der Waals surface area contributed by atoms with Crippen LogP contribution in [0.1, 0.15) is 16.8 Å². The molecule has 0 bridgehead atoms. The number of hydrogen-bond acceptors (Lipinski definition) is 6. The van der Waals surface area contributed by atoms with E-state index in [1.54, 1.807) is 40.4 Å². The van der Waals surface area contributed by atoms with Gasteiger partial charge in [0.25, 0.3) is 5.91 Å². The lowest BCUT2D eigenvalue weighted by atomic mass is 10.1. The second kappa shape index (κ2) is 7.14. The van der Waals surface area contributed by atoms with E-state index < -0.39 is 0 Å². The number of thiophene rings is 1. The minimum Gasteiger partial charge on any atom is -0.350 e. The number of carbonyl (C=O) groups excluding carboxylic acids is 1. The molecule has 1 fully saturated rings. The van der Waals surface area contributed by atoms with Crippen molar-refractivity contribution < 1.29 is 4.79 Å². The van der Waals surface area contributed by atoms with Gasteiger partial charge in [-0.1, -0.05) is 6.07 Å². The van der Waals surface area contributed by atoms with Gasteiger partial charge in [-0.15, -0.1) is 11.3 Å². The van der Waals surface area contributed by atoms with Crippen molar-refractivity contribution in [1.82, 2.24) is 30.2 Å². The zero-order valence-corrected chi connectivity index (χ0v) is 15.8. The van der Waals surface area contributed by atoms with Crippen LogP contribution in [0.2, 0.25) is 0 Å². The Hall–Kier alpha value is -3.10. The van der Waals surface area contributed by atoms with Crippen LogP contribution in [0.25, 0.3) is 27.5 Å². The topological polar surface area (TPSA) is 84.2 Å². The lowest BCUT2D eigenvalue weighted by Gasteiger charge is -2.27. The fourth-order valence-electron chi connectivity index (χ4n) is 3.17.